The predicted octanol–water partition coefficient (Wildman–Crippen LogP) is 3.86. The molecule has 1 aliphatic rings. The van der Waals surface area contributed by atoms with Crippen LogP contribution >= 0.6 is 11.8 Å². The molecule has 186 valence electrons. The van der Waals surface area contributed by atoms with E-state index < -0.39 is 41.3 Å². The van der Waals surface area contributed by atoms with Crippen LogP contribution in [0, 0.1) is 5.82 Å². The van der Waals surface area contributed by atoms with Gasteiger partial charge in [-0.2, -0.15) is 0 Å². The summed E-state index contributed by atoms with van der Waals surface area (Å²) in [5.74, 6) is -2.33. The van der Waals surface area contributed by atoms with Gasteiger partial charge in [0.2, 0.25) is 5.91 Å². The van der Waals surface area contributed by atoms with Crippen molar-refractivity contribution < 1.29 is 33.0 Å². The Morgan fingerprint density at radius 3 is 2.54 bits per heavy atom. The summed E-state index contributed by atoms with van der Waals surface area (Å²) in [7, 11) is 1.19. The first-order valence-electron chi connectivity index (χ1n) is 10.7. The predicted molar refractivity (Wildman–Crippen MR) is 130 cm³/mol. The largest absolute Gasteiger partial charge is 0.467 e. The summed E-state index contributed by atoms with van der Waals surface area (Å²) in [6.45, 7) is 5.07. The summed E-state index contributed by atoms with van der Waals surface area (Å²) in [5, 5.41) is 5.15. The molecule has 0 saturated heterocycles. The van der Waals surface area contributed by atoms with Gasteiger partial charge >= 0.3 is 12.1 Å². The molecule has 0 aliphatic carbocycles. The number of nitrogens with zero attached hydrogens (tertiary/aromatic N) is 1. The van der Waals surface area contributed by atoms with Gasteiger partial charge in [0.05, 0.1) is 35.5 Å². The lowest BCUT2D eigenvalue weighted by Crippen LogP contribution is -2.45. The number of nitrogens with one attached hydrogen (secondary N) is 2. The highest BCUT2D eigenvalue weighted by Gasteiger charge is 2.30. The zero-order valence-electron chi connectivity index (χ0n) is 19.7. The summed E-state index contributed by atoms with van der Waals surface area (Å²) >= 11 is 1.09. The molecule has 0 radical (unpaired) electrons. The fraction of sp³-hybridized carbons (Fsp3) is 0.333. The second-order valence-electron chi connectivity index (χ2n) is 8.60. The van der Waals surface area contributed by atoms with E-state index in [1.165, 1.54) is 24.1 Å². The second-order valence-corrected chi connectivity index (χ2v) is 9.63. The van der Waals surface area contributed by atoms with Crippen LogP contribution in [0.25, 0.3) is 0 Å². The van der Waals surface area contributed by atoms with Crippen LogP contribution in [0.3, 0.4) is 0 Å². The number of hydrogen-bond donors (Lipinski definition) is 2. The fourth-order valence-electron chi connectivity index (χ4n) is 3.34. The molecule has 0 unspecified atom stereocenters. The quantitative estimate of drug-likeness (QED) is 0.576. The molecule has 2 aromatic carbocycles. The van der Waals surface area contributed by atoms with Crippen molar-refractivity contribution in [3.63, 3.8) is 0 Å². The van der Waals surface area contributed by atoms with Gasteiger partial charge < -0.3 is 20.1 Å². The van der Waals surface area contributed by atoms with Gasteiger partial charge in [0, 0.05) is 5.75 Å². The molecular formula is C24H26FN3O6S. The molecule has 0 aromatic heterocycles. The van der Waals surface area contributed by atoms with Crippen molar-refractivity contribution in [2.24, 2.45) is 0 Å². The molecule has 2 N–H and O–H groups in total. The molecule has 0 saturated carbocycles. The maximum absolute atomic E-state index is 13.9. The molecule has 11 heteroatoms. The van der Waals surface area contributed by atoms with Crippen molar-refractivity contribution in [2.45, 2.75) is 32.4 Å². The molecule has 9 nitrogen and oxygen atoms in total. The highest BCUT2D eigenvalue weighted by Crippen LogP contribution is 2.38. The van der Waals surface area contributed by atoms with Crippen molar-refractivity contribution in [3.05, 3.63) is 53.8 Å². The van der Waals surface area contributed by atoms with Crippen molar-refractivity contribution in [3.8, 4) is 0 Å². The monoisotopic (exact) mass is 503 g/mol. The van der Waals surface area contributed by atoms with Gasteiger partial charge in [0.15, 0.2) is 0 Å². The van der Waals surface area contributed by atoms with Crippen LogP contribution in [-0.4, -0.2) is 54.1 Å². The van der Waals surface area contributed by atoms with Gasteiger partial charge in [0.1, 0.15) is 17.5 Å². The fourth-order valence-corrected chi connectivity index (χ4v) is 4.21. The topological polar surface area (TPSA) is 114 Å². The zero-order chi connectivity index (χ0) is 25.8. The molecule has 0 fully saturated rings. The molecule has 35 heavy (non-hydrogen) atoms. The number of thioether (sulfide) groups is 1. The van der Waals surface area contributed by atoms with E-state index in [9.17, 15) is 23.6 Å². The lowest BCUT2D eigenvalue weighted by Gasteiger charge is -2.25. The Morgan fingerprint density at radius 2 is 1.86 bits per heavy atom. The van der Waals surface area contributed by atoms with Crippen LogP contribution in [0.15, 0.2) is 42.5 Å². The first-order chi connectivity index (χ1) is 16.5. The number of carbonyl (C=O) groups excluding carboxylic acids is 4. The van der Waals surface area contributed by atoms with Crippen LogP contribution in [0.2, 0.25) is 0 Å². The summed E-state index contributed by atoms with van der Waals surface area (Å²) in [4.78, 5) is 51.6. The Morgan fingerprint density at radius 1 is 1.14 bits per heavy atom. The summed E-state index contributed by atoms with van der Waals surface area (Å²) in [5.41, 5.74) is 0.306. The van der Waals surface area contributed by atoms with E-state index >= 15 is 0 Å². The van der Waals surface area contributed by atoms with E-state index in [1.807, 2.05) is 0 Å². The van der Waals surface area contributed by atoms with E-state index in [0.717, 1.165) is 17.8 Å². The summed E-state index contributed by atoms with van der Waals surface area (Å²) in [6, 6.07) is 9.29. The number of hydrogen-bond acceptors (Lipinski definition) is 7. The molecule has 3 amide bonds. The van der Waals surface area contributed by atoms with E-state index in [1.54, 1.807) is 45.0 Å². The van der Waals surface area contributed by atoms with Gasteiger partial charge in [-0.05, 0) is 51.1 Å². The van der Waals surface area contributed by atoms with Gasteiger partial charge in [-0.1, -0.05) is 12.1 Å². The average molecular weight is 504 g/mol. The van der Waals surface area contributed by atoms with Crippen LogP contribution in [-0.2, 0) is 19.1 Å². The van der Waals surface area contributed by atoms with E-state index in [4.69, 9.17) is 9.47 Å². The minimum absolute atomic E-state index is 0.0126. The standard InChI is InChI=1S/C24H26FN3O6S/c1-24(2,3)34-23(32)27-17(22(31)33-4)12-35-13-20(29)28-18-10-9-14(25)11-15(18)21(30)26-16-7-5-6-8-19(16)28/h5-11,17H,12-13H2,1-4H3,(H,26,30)(H,27,32)/t17-/m0/s1. The Bertz CT molecular complexity index is 1150. The molecule has 1 heterocycles. The highest BCUT2D eigenvalue weighted by molar-refractivity contribution is 8.00. The zero-order valence-corrected chi connectivity index (χ0v) is 20.5. The van der Waals surface area contributed by atoms with Crippen molar-refractivity contribution >= 4 is 52.7 Å². The third kappa shape index (κ3) is 6.50. The Kier molecular flexibility index (Phi) is 8.00. The number of halogens is 1. The van der Waals surface area contributed by atoms with Crippen LogP contribution in [0.1, 0.15) is 31.1 Å². The van der Waals surface area contributed by atoms with E-state index in [-0.39, 0.29) is 22.8 Å². The van der Waals surface area contributed by atoms with Crippen molar-refractivity contribution in [2.75, 3.05) is 28.8 Å². The summed E-state index contributed by atoms with van der Waals surface area (Å²) < 4.78 is 23.8. The summed E-state index contributed by atoms with van der Waals surface area (Å²) in [6.07, 6.45) is -0.790. The Balaban J connectivity index is 1.79. The molecule has 1 aliphatic heterocycles. The maximum Gasteiger partial charge on any atom is 0.408 e. The minimum atomic E-state index is -1.05. The number of methoxy groups -OCH3 is 1. The van der Waals surface area contributed by atoms with Crippen molar-refractivity contribution in [1.82, 2.24) is 5.32 Å². The van der Waals surface area contributed by atoms with Gasteiger partial charge in [0.25, 0.3) is 5.91 Å². The molecule has 0 spiro atoms. The van der Waals surface area contributed by atoms with Gasteiger partial charge in [-0.15, -0.1) is 11.8 Å². The number of para-hydroxylation sites is 2. The van der Waals surface area contributed by atoms with E-state index in [0.29, 0.717) is 11.4 Å². The second kappa shape index (κ2) is 10.8. The molecule has 3 rings (SSSR count). The first-order valence-corrected chi connectivity index (χ1v) is 11.8. The average Bonchev–Trinajstić information content (AvgIpc) is 2.90. The highest BCUT2D eigenvalue weighted by atomic mass is 32.2. The normalized spacial score (nSPS) is 13.5. The maximum atomic E-state index is 13.9. The lowest BCUT2D eigenvalue weighted by molar-refractivity contribution is -0.142. The Labute approximate surface area is 206 Å². The number of anilines is 3. The number of benzene rings is 2. The number of fused-ring (bicyclic) bond motifs is 2. The van der Waals surface area contributed by atoms with Gasteiger partial charge in [-0.3, -0.25) is 14.5 Å². The van der Waals surface area contributed by atoms with Crippen LogP contribution in [0.4, 0.5) is 26.2 Å². The number of alkyl carbamates (subject to hydrolysis) is 1. The number of carbonyl (C=O) groups is 4. The number of amides is 3. The number of ether oxygens (including phenoxy) is 2. The smallest absolute Gasteiger partial charge is 0.408 e. The number of rotatable bonds is 6. The number of esters is 1. The Hall–Kier alpha value is -3.60. The van der Waals surface area contributed by atoms with Crippen molar-refractivity contribution in [1.29, 1.82) is 0 Å². The molecule has 0 bridgehead atoms. The van der Waals surface area contributed by atoms with E-state index in [2.05, 4.69) is 10.6 Å². The SMILES string of the molecule is COC(=O)[C@H](CSCC(=O)N1c2ccccc2NC(=O)c2cc(F)ccc21)NC(=O)OC(C)(C)C. The van der Waals surface area contributed by atoms with Gasteiger partial charge in [-0.25, -0.2) is 14.0 Å². The lowest BCUT2D eigenvalue weighted by atomic mass is 10.1. The molecule has 1 atom stereocenters. The minimum Gasteiger partial charge on any atom is -0.467 e. The van der Waals surface area contributed by atoms with Crippen LogP contribution in [0.5, 0.6) is 0 Å². The molecule has 2 aromatic rings. The third-order valence-electron chi connectivity index (χ3n) is 4.77. The first kappa shape index (κ1) is 26.0. The van der Waals surface area contributed by atoms with Crippen LogP contribution < -0.4 is 15.5 Å². The third-order valence-corrected chi connectivity index (χ3v) is 5.79. The molecular weight excluding hydrogens is 477 g/mol.